The molecule has 0 saturated carbocycles. The van der Waals surface area contributed by atoms with Gasteiger partial charge in [0.15, 0.2) is 0 Å². The normalized spacial score (nSPS) is 12.8. The van der Waals surface area contributed by atoms with Crippen LogP contribution in [-0.4, -0.2) is 19.2 Å². The van der Waals surface area contributed by atoms with Gasteiger partial charge in [-0.1, -0.05) is 39.0 Å². The second-order valence-corrected chi connectivity index (χ2v) is 4.88. The Hall–Kier alpha value is -1.02. The molecular weight excluding hydrogens is 210 g/mol. The second-order valence-electron chi connectivity index (χ2n) is 4.88. The van der Waals surface area contributed by atoms with E-state index in [1.807, 2.05) is 18.2 Å². The number of aryl methyl sites for hydroxylation is 1. The van der Waals surface area contributed by atoms with Crippen molar-refractivity contribution in [2.75, 3.05) is 13.2 Å². The van der Waals surface area contributed by atoms with E-state index in [1.165, 1.54) is 5.56 Å². The maximum Gasteiger partial charge on any atom is 0.122 e. The molecule has 0 aromatic heterocycles. The fourth-order valence-corrected chi connectivity index (χ4v) is 1.71. The predicted octanol–water partition coefficient (Wildman–Crippen LogP) is 3.40. The lowest BCUT2D eigenvalue weighted by Gasteiger charge is -2.23. The van der Waals surface area contributed by atoms with Crippen LogP contribution in [0.25, 0.3) is 0 Å². The monoisotopic (exact) mass is 235 g/mol. The minimum atomic E-state index is 0.426. The summed E-state index contributed by atoms with van der Waals surface area (Å²) in [6.45, 7) is 10.5. The van der Waals surface area contributed by atoms with Crippen LogP contribution in [0.4, 0.5) is 0 Å². The van der Waals surface area contributed by atoms with E-state index in [-0.39, 0.29) is 0 Å². The minimum Gasteiger partial charge on any atom is -0.492 e. The first-order valence-electron chi connectivity index (χ1n) is 6.57. The third-order valence-electron chi connectivity index (χ3n) is 2.97. The average Bonchev–Trinajstić information content (AvgIpc) is 2.31. The lowest BCUT2D eigenvalue weighted by atomic mass is 10.1. The van der Waals surface area contributed by atoms with Gasteiger partial charge in [0, 0.05) is 6.04 Å². The number of ether oxygens (including phenoxy) is 1. The molecular formula is C15H25NO. The number of hydrogen-bond donors (Lipinski definition) is 1. The van der Waals surface area contributed by atoms with E-state index in [9.17, 15) is 0 Å². The average molecular weight is 235 g/mol. The summed E-state index contributed by atoms with van der Waals surface area (Å²) in [5.74, 6) is 1.59. The van der Waals surface area contributed by atoms with Gasteiger partial charge in [-0.05, 0) is 37.4 Å². The Kier molecular flexibility index (Phi) is 6.06. The Labute approximate surface area is 105 Å². The van der Waals surface area contributed by atoms with Gasteiger partial charge in [-0.3, -0.25) is 0 Å². The maximum absolute atomic E-state index is 5.89. The maximum atomic E-state index is 5.89. The minimum absolute atomic E-state index is 0.426. The summed E-state index contributed by atoms with van der Waals surface area (Å²) in [5.41, 5.74) is 1.20. The summed E-state index contributed by atoms with van der Waals surface area (Å²) in [7, 11) is 0. The fraction of sp³-hybridized carbons (Fsp3) is 0.600. The molecule has 0 radical (unpaired) electrons. The highest BCUT2D eigenvalue weighted by molar-refractivity contribution is 5.31. The van der Waals surface area contributed by atoms with E-state index in [0.717, 1.165) is 25.3 Å². The number of para-hydroxylation sites is 1. The molecule has 0 aliphatic carbocycles. The molecule has 1 aromatic rings. The van der Waals surface area contributed by atoms with Gasteiger partial charge in [-0.25, -0.2) is 0 Å². The van der Waals surface area contributed by atoms with Crippen molar-refractivity contribution in [3.63, 3.8) is 0 Å². The molecule has 0 fully saturated rings. The second kappa shape index (κ2) is 7.33. The topological polar surface area (TPSA) is 21.3 Å². The first-order chi connectivity index (χ1) is 8.15. The van der Waals surface area contributed by atoms with Crippen LogP contribution in [-0.2, 0) is 0 Å². The van der Waals surface area contributed by atoms with Crippen LogP contribution >= 0.6 is 0 Å². The largest absolute Gasteiger partial charge is 0.492 e. The Morgan fingerprint density at radius 1 is 1.24 bits per heavy atom. The van der Waals surface area contributed by atoms with E-state index in [1.54, 1.807) is 0 Å². The van der Waals surface area contributed by atoms with Crippen molar-refractivity contribution >= 4 is 0 Å². The van der Waals surface area contributed by atoms with Crippen LogP contribution in [0, 0.1) is 12.8 Å². The molecule has 2 nitrogen and oxygen atoms in total. The van der Waals surface area contributed by atoms with Crippen molar-refractivity contribution < 1.29 is 4.74 Å². The van der Waals surface area contributed by atoms with Crippen molar-refractivity contribution in [3.8, 4) is 5.75 Å². The number of benzene rings is 1. The zero-order valence-electron chi connectivity index (χ0n) is 11.5. The van der Waals surface area contributed by atoms with E-state index in [4.69, 9.17) is 4.74 Å². The smallest absolute Gasteiger partial charge is 0.122 e. The molecule has 0 bridgehead atoms. The van der Waals surface area contributed by atoms with Crippen LogP contribution < -0.4 is 10.1 Å². The van der Waals surface area contributed by atoms with Crippen molar-refractivity contribution in [3.05, 3.63) is 29.8 Å². The first-order valence-corrected chi connectivity index (χ1v) is 6.57. The van der Waals surface area contributed by atoms with Crippen LogP contribution in [0.2, 0.25) is 0 Å². The molecule has 0 heterocycles. The SMILES string of the molecule is CCCNC(COc1ccccc1C)C(C)C. The lowest BCUT2D eigenvalue weighted by Crippen LogP contribution is -2.39. The van der Waals surface area contributed by atoms with Crippen molar-refractivity contribution in [1.29, 1.82) is 0 Å². The van der Waals surface area contributed by atoms with E-state index >= 15 is 0 Å². The molecule has 2 heteroatoms. The molecule has 0 aliphatic rings. The summed E-state index contributed by atoms with van der Waals surface area (Å²) in [4.78, 5) is 0. The molecule has 96 valence electrons. The van der Waals surface area contributed by atoms with Crippen LogP contribution in [0.5, 0.6) is 5.75 Å². The van der Waals surface area contributed by atoms with Gasteiger partial charge in [0.05, 0.1) is 0 Å². The molecule has 0 aliphatic heterocycles. The van der Waals surface area contributed by atoms with Gasteiger partial charge in [-0.2, -0.15) is 0 Å². The number of hydrogen-bond acceptors (Lipinski definition) is 2. The summed E-state index contributed by atoms with van der Waals surface area (Å²) in [6.07, 6.45) is 1.16. The molecule has 0 spiro atoms. The Bertz CT molecular complexity index is 322. The van der Waals surface area contributed by atoms with Gasteiger partial charge in [0.2, 0.25) is 0 Å². The van der Waals surface area contributed by atoms with E-state index < -0.39 is 0 Å². The molecule has 0 amide bonds. The molecule has 1 rings (SSSR count). The molecule has 0 saturated heterocycles. The summed E-state index contributed by atoms with van der Waals surface area (Å²) >= 11 is 0. The molecule has 1 atom stereocenters. The van der Waals surface area contributed by atoms with Gasteiger partial charge < -0.3 is 10.1 Å². The van der Waals surface area contributed by atoms with E-state index in [2.05, 4.69) is 39.1 Å². The van der Waals surface area contributed by atoms with Gasteiger partial charge in [-0.15, -0.1) is 0 Å². The third-order valence-corrected chi connectivity index (χ3v) is 2.97. The zero-order chi connectivity index (χ0) is 12.7. The third kappa shape index (κ3) is 4.78. The van der Waals surface area contributed by atoms with Gasteiger partial charge in [0.25, 0.3) is 0 Å². The van der Waals surface area contributed by atoms with Gasteiger partial charge >= 0.3 is 0 Å². The van der Waals surface area contributed by atoms with Crippen molar-refractivity contribution in [1.82, 2.24) is 5.32 Å². The van der Waals surface area contributed by atoms with Crippen molar-refractivity contribution in [2.24, 2.45) is 5.92 Å². The Balaban J connectivity index is 2.49. The summed E-state index contributed by atoms with van der Waals surface area (Å²) in [6, 6.07) is 8.60. The first kappa shape index (κ1) is 14.0. The lowest BCUT2D eigenvalue weighted by molar-refractivity contribution is 0.229. The van der Waals surface area contributed by atoms with Gasteiger partial charge in [0.1, 0.15) is 12.4 Å². The van der Waals surface area contributed by atoms with Crippen LogP contribution in [0.3, 0.4) is 0 Å². The van der Waals surface area contributed by atoms with Crippen LogP contribution in [0.15, 0.2) is 24.3 Å². The molecule has 17 heavy (non-hydrogen) atoms. The standard InChI is InChI=1S/C15H25NO/c1-5-10-16-14(12(2)3)11-17-15-9-7-6-8-13(15)4/h6-9,12,14,16H,5,10-11H2,1-4H3. The zero-order valence-corrected chi connectivity index (χ0v) is 11.5. The highest BCUT2D eigenvalue weighted by Gasteiger charge is 2.13. The Morgan fingerprint density at radius 2 is 1.94 bits per heavy atom. The van der Waals surface area contributed by atoms with E-state index in [0.29, 0.717) is 12.0 Å². The number of nitrogens with one attached hydrogen (secondary N) is 1. The highest BCUT2D eigenvalue weighted by Crippen LogP contribution is 2.17. The predicted molar refractivity (Wildman–Crippen MR) is 73.6 cm³/mol. The van der Waals surface area contributed by atoms with Crippen LogP contribution in [0.1, 0.15) is 32.8 Å². The quantitative estimate of drug-likeness (QED) is 0.782. The summed E-state index contributed by atoms with van der Waals surface area (Å²) in [5, 5.41) is 3.53. The molecule has 1 N–H and O–H groups in total. The summed E-state index contributed by atoms with van der Waals surface area (Å²) < 4.78 is 5.89. The number of rotatable bonds is 7. The molecule has 1 aromatic carbocycles. The fourth-order valence-electron chi connectivity index (χ4n) is 1.71. The molecule has 1 unspecified atom stereocenters. The Morgan fingerprint density at radius 3 is 2.53 bits per heavy atom. The van der Waals surface area contributed by atoms with Crippen molar-refractivity contribution in [2.45, 2.75) is 40.2 Å². The highest BCUT2D eigenvalue weighted by atomic mass is 16.5.